The van der Waals surface area contributed by atoms with Crippen LogP contribution < -0.4 is 4.90 Å². The number of nitrogens with zero attached hydrogens (tertiary/aromatic N) is 5. The van der Waals surface area contributed by atoms with Gasteiger partial charge in [0.25, 0.3) is 0 Å². The second-order valence-corrected chi connectivity index (χ2v) is 13.9. The summed E-state index contributed by atoms with van der Waals surface area (Å²) in [5.74, 6) is 1.74. The fourth-order valence-electron chi connectivity index (χ4n) is 7.65. The van der Waals surface area contributed by atoms with E-state index >= 15 is 0 Å². The van der Waals surface area contributed by atoms with E-state index in [9.17, 15) is 0 Å². The van der Waals surface area contributed by atoms with Crippen LogP contribution in [0.2, 0.25) is 0 Å². The molecule has 0 saturated carbocycles. The zero-order chi connectivity index (χ0) is 37.3. The Morgan fingerprint density at radius 1 is 0.527 bits per heavy atom. The van der Waals surface area contributed by atoms with Gasteiger partial charge in [-0.2, -0.15) is 0 Å². The van der Waals surface area contributed by atoms with Crippen LogP contribution >= 0.6 is 0 Å². The fraction of sp³-hybridized carbons (Fsp3) is 0.0800. The Kier molecular flexibility index (Phi) is 8.89. The molecule has 0 spiro atoms. The average molecular weight is 712 g/mol. The molecule has 0 amide bonds. The molecule has 0 N–H and O–H groups in total. The highest BCUT2D eigenvalue weighted by atomic mass is 15.2. The maximum atomic E-state index is 5.36. The number of anilines is 2. The molecule has 55 heavy (non-hydrogen) atoms. The van der Waals surface area contributed by atoms with Crippen molar-refractivity contribution in [1.29, 1.82) is 0 Å². The molecule has 0 radical (unpaired) electrons. The number of fused-ring (bicyclic) bond motifs is 2. The molecular formula is C50H41N5. The number of benzene rings is 7. The van der Waals surface area contributed by atoms with E-state index in [2.05, 4.69) is 217 Å². The van der Waals surface area contributed by atoms with E-state index in [1.807, 2.05) is 0 Å². The zero-order valence-electron chi connectivity index (χ0n) is 31.3. The second-order valence-electron chi connectivity index (χ2n) is 13.9. The van der Waals surface area contributed by atoms with Crippen LogP contribution in [0.25, 0.3) is 61.9 Å². The molecule has 5 heteroatoms. The maximum absolute atomic E-state index is 5.36. The number of imidazole rings is 2. The van der Waals surface area contributed by atoms with Gasteiger partial charge in [-0.3, -0.25) is 9.13 Å². The van der Waals surface area contributed by atoms with Gasteiger partial charge in [0.2, 0.25) is 0 Å². The first kappa shape index (κ1) is 33.8. The number of allylic oxidation sites excluding steroid dienone is 1. The van der Waals surface area contributed by atoms with Crippen molar-refractivity contribution in [2.75, 3.05) is 4.90 Å². The third-order valence-electron chi connectivity index (χ3n) is 10.4. The number of aromatic nitrogens is 4. The van der Waals surface area contributed by atoms with Crippen LogP contribution in [-0.2, 0) is 0 Å². The summed E-state index contributed by atoms with van der Waals surface area (Å²) in [5, 5.41) is 0. The van der Waals surface area contributed by atoms with Gasteiger partial charge in [-0.1, -0.05) is 104 Å². The van der Waals surface area contributed by atoms with E-state index in [0.29, 0.717) is 0 Å². The average Bonchev–Trinajstić information content (AvgIpc) is 3.83. The van der Waals surface area contributed by atoms with Crippen molar-refractivity contribution in [1.82, 2.24) is 19.1 Å². The summed E-state index contributed by atoms with van der Waals surface area (Å²) in [4.78, 5) is 13.2. The number of hydrogen-bond donors (Lipinski definition) is 0. The van der Waals surface area contributed by atoms with E-state index in [1.54, 1.807) is 0 Å². The second kappa shape index (κ2) is 14.4. The molecule has 5 nitrogen and oxygen atoms in total. The topological polar surface area (TPSA) is 38.9 Å². The minimum Gasteiger partial charge on any atom is -0.310 e. The Morgan fingerprint density at radius 2 is 0.982 bits per heavy atom. The standard InChI is InChI=1S/C50H41N5/c1-4-35(2)48(53(40-21-8-5-9-22-40)45-29-17-14-20-36(45)3)37-32-38(49-51-43-27-15-18-30-46(43)54(49)41-23-10-6-11-24-41)34-39(33-37)50-52-44-28-16-19-31-47(44)55(50)42-25-12-7-13-26-42/h5-34H,4H2,1-3H3/b48-35+. The molecule has 0 unspecified atom stereocenters. The van der Waals surface area contributed by atoms with Crippen LogP contribution in [0.4, 0.5) is 11.4 Å². The van der Waals surface area contributed by atoms with E-state index in [4.69, 9.17) is 9.97 Å². The first-order valence-electron chi connectivity index (χ1n) is 18.9. The predicted molar refractivity (Wildman–Crippen MR) is 229 cm³/mol. The van der Waals surface area contributed by atoms with E-state index in [0.717, 1.165) is 85.3 Å². The minimum absolute atomic E-state index is 0.869. The molecule has 9 aromatic rings. The summed E-state index contributed by atoms with van der Waals surface area (Å²) in [6.45, 7) is 6.69. The highest BCUT2D eigenvalue weighted by Crippen LogP contribution is 2.42. The van der Waals surface area contributed by atoms with Crippen LogP contribution in [0.15, 0.2) is 188 Å². The highest BCUT2D eigenvalue weighted by Gasteiger charge is 2.25. The van der Waals surface area contributed by atoms with Crippen LogP contribution in [0.5, 0.6) is 0 Å². The number of rotatable bonds is 9. The monoisotopic (exact) mass is 711 g/mol. The smallest absolute Gasteiger partial charge is 0.145 e. The molecule has 9 rings (SSSR count). The summed E-state index contributed by atoms with van der Waals surface area (Å²) < 4.78 is 4.57. The largest absolute Gasteiger partial charge is 0.310 e. The molecule has 266 valence electrons. The van der Waals surface area contributed by atoms with Gasteiger partial charge in [0.15, 0.2) is 0 Å². The van der Waals surface area contributed by atoms with Crippen molar-refractivity contribution in [2.24, 2.45) is 0 Å². The Hall–Kier alpha value is -6.98. The SMILES string of the molecule is CC/C(C)=C(\c1cc(-c2nc3ccccc3n2-c2ccccc2)cc(-c2nc3ccccc3n2-c2ccccc2)c1)N(c1ccccc1)c1ccccc1C. The summed E-state index contributed by atoms with van der Waals surface area (Å²) >= 11 is 0. The number of aryl methyl sites for hydroxylation is 1. The van der Waals surface area contributed by atoms with Crippen molar-refractivity contribution >= 4 is 39.1 Å². The van der Waals surface area contributed by atoms with Gasteiger partial charge in [-0.15, -0.1) is 0 Å². The lowest BCUT2D eigenvalue weighted by Gasteiger charge is -2.32. The summed E-state index contributed by atoms with van der Waals surface area (Å²) in [5.41, 5.74) is 15.0. The molecular weight excluding hydrogens is 671 g/mol. The Balaban J connectivity index is 1.39. The predicted octanol–water partition coefficient (Wildman–Crippen LogP) is 13.0. The molecule has 0 fully saturated rings. The van der Waals surface area contributed by atoms with Crippen molar-refractivity contribution in [3.05, 3.63) is 199 Å². The van der Waals surface area contributed by atoms with Gasteiger partial charge in [-0.25, -0.2) is 9.97 Å². The van der Waals surface area contributed by atoms with Gasteiger partial charge < -0.3 is 4.90 Å². The summed E-state index contributed by atoms with van der Waals surface area (Å²) in [6.07, 6.45) is 0.870. The maximum Gasteiger partial charge on any atom is 0.145 e. The minimum atomic E-state index is 0.869. The molecule has 0 aliphatic heterocycles. The highest BCUT2D eigenvalue weighted by molar-refractivity contribution is 5.94. The first-order chi connectivity index (χ1) is 27.1. The van der Waals surface area contributed by atoms with Crippen LogP contribution in [-0.4, -0.2) is 19.1 Å². The molecule has 0 aliphatic rings. The number of hydrogen-bond acceptors (Lipinski definition) is 3. The molecule has 0 atom stereocenters. The van der Waals surface area contributed by atoms with Gasteiger partial charge in [0.1, 0.15) is 11.6 Å². The Labute approximate surface area is 322 Å². The quantitative estimate of drug-likeness (QED) is 0.150. The van der Waals surface area contributed by atoms with E-state index in [-0.39, 0.29) is 0 Å². The Bertz CT molecular complexity index is 2680. The zero-order valence-corrected chi connectivity index (χ0v) is 31.3. The lowest BCUT2D eigenvalue weighted by molar-refractivity contribution is 1.08. The number of para-hydroxylation sites is 8. The lowest BCUT2D eigenvalue weighted by atomic mass is 9.96. The molecule has 2 aromatic heterocycles. The molecule has 7 aromatic carbocycles. The lowest BCUT2D eigenvalue weighted by Crippen LogP contribution is -2.18. The van der Waals surface area contributed by atoms with Crippen LogP contribution in [0.1, 0.15) is 31.4 Å². The van der Waals surface area contributed by atoms with E-state index < -0.39 is 0 Å². The third-order valence-corrected chi connectivity index (χ3v) is 10.4. The van der Waals surface area contributed by atoms with Gasteiger partial charge in [0.05, 0.1) is 27.8 Å². The molecule has 2 heterocycles. The molecule has 0 aliphatic carbocycles. The fourth-order valence-corrected chi connectivity index (χ4v) is 7.65. The first-order valence-corrected chi connectivity index (χ1v) is 18.9. The normalized spacial score (nSPS) is 11.9. The molecule has 0 saturated heterocycles. The van der Waals surface area contributed by atoms with Crippen molar-refractivity contribution in [3.8, 4) is 34.2 Å². The van der Waals surface area contributed by atoms with E-state index in [1.165, 1.54) is 11.1 Å². The summed E-state index contributed by atoms with van der Waals surface area (Å²) in [6, 6.07) is 64.1. The van der Waals surface area contributed by atoms with Crippen molar-refractivity contribution in [2.45, 2.75) is 27.2 Å². The molecule has 0 bridgehead atoms. The van der Waals surface area contributed by atoms with Crippen LogP contribution in [0, 0.1) is 6.92 Å². The van der Waals surface area contributed by atoms with Crippen LogP contribution in [0.3, 0.4) is 0 Å². The third kappa shape index (κ3) is 6.20. The van der Waals surface area contributed by atoms with Gasteiger partial charge in [-0.05, 0) is 122 Å². The van der Waals surface area contributed by atoms with Crippen molar-refractivity contribution < 1.29 is 0 Å². The summed E-state index contributed by atoms with van der Waals surface area (Å²) in [7, 11) is 0. The van der Waals surface area contributed by atoms with Gasteiger partial charge >= 0.3 is 0 Å². The van der Waals surface area contributed by atoms with Gasteiger partial charge in [0, 0.05) is 33.9 Å². The van der Waals surface area contributed by atoms with Crippen molar-refractivity contribution in [3.63, 3.8) is 0 Å². The Morgan fingerprint density at radius 3 is 1.49 bits per heavy atom.